The Morgan fingerprint density at radius 1 is 1.27 bits per heavy atom. The van der Waals surface area contributed by atoms with E-state index < -0.39 is 0 Å². The zero-order valence-corrected chi connectivity index (χ0v) is 15.1. The summed E-state index contributed by atoms with van der Waals surface area (Å²) in [6.07, 6.45) is 2.37. The van der Waals surface area contributed by atoms with Crippen LogP contribution in [0.3, 0.4) is 0 Å². The number of aromatic nitrogens is 2. The predicted octanol–water partition coefficient (Wildman–Crippen LogP) is 1.08. The first-order chi connectivity index (χ1) is 12.2. The summed E-state index contributed by atoms with van der Waals surface area (Å²) in [5.74, 6) is 0.521. The minimum Gasteiger partial charge on any atom is -0.354 e. The lowest BCUT2D eigenvalue weighted by Gasteiger charge is -2.09. The van der Waals surface area contributed by atoms with Crippen molar-refractivity contribution in [3.63, 3.8) is 0 Å². The first-order valence-electron chi connectivity index (χ1n) is 8.38. The molecule has 2 amide bonds. The van der Waals surface area contributed by atoms with Crippen molar-refractivity contribution < 1.29 is 14.1 Å². The minimum absolute atomic E-state index is 0. The molecule has 1 aromatic carbocycles. The van der Waals surface area contributed by atoms with Crippen molar-refractivity contribution in [3.05, 3.63) is 42.0 Å². The highest BCUT2D eigenvalue weighted by Gasteiger charge is 2.21. The van der Waals surface area contributed by atoms with Crippen LogP contribution < -0.4 is 16.0 Å². The fraction of sp³-hybridized carbons (Fsp3) is 0.412. The third-order valence-corrected chi connectivity index (χ3v) is 3.90. The number of nitrogens with zero attached hydrogens (tertiary/aromatic N) is 2. The molecule has 0 radical (unpaired) electrons. The maximum atomic E-state index is 11.9. The molecular formula is C17H22ClN5O3. The predicted molar refractivity (Wildman–Crippen MR) is 98.1 cm³/mol. The molecule has 8 nitrogen and oxygen atoms in total. The lowest BCUT2D eigenvalue weighted by molar-refractivity contribution is -0.122. The first kappa shape index (κ1) is 19.9. The molecule has 1 atom stereocenters. The number of carbonyl (C=O) groups is 2. The molecule has 1 fully saturated rings. The van der Waals surface area contributed by atoms with Gasteiger partial charge in [-0.3, -0.25) is 9.59 Å². The van der Waals surface area contributed by atoms with Crippen LogP contribution in [0.4, 0.5) is 5.69 Å². The van der Waals surface area contributed by atoms with Gasteiger partial charge in [-0.1, -0.05) is 23.4 Å². The van der Waals surface area contributed by atoms with E-state index in [1.807, 2.05) is 18.2 Å². The van der Waals surface area contributed by atoms with Crippen molar-refractivity contribution >= 4 is 29.9 Å². The number of nitrogens with one attached hydrogen (secondary N) is 3. The summed E-state index contributed by atoms with van der Waals surface area (Å²) in [5.41, 5.74) is 0.722. The fourth-order valence-corrected chi connectivity index (χ4v) is 2.66. The summed E-state index contributed by atoms with van der Waals surface area (Å²) >= 11 is 0. The van der Waals surface area contributed by atoms with Crippen LogP contribution >= 0.6 is 12.4 Å². The molecule has 9 heteroatoms. The SMILES string of the molecule is Cl.O=C(Cc1noc(CCNC(=O)C2CCCN2)n1)Nc1ccccc1. The lowest BCUT2D eigenvalue weighted by atomic mass is 10.2. The van der Waals surface area contributed by atoms with Gasteiger partial charge in [-0.2, -0.15) is 4.98 Å². The van der Waals surface area contributed by atoms with Gasteiger partial charge in [-0.15, -0.1) is 12.4 Å². The van der Waals surface area contributed by atoms with Crippen LogP contribution in [-0.2, 0) is 22.4 Å². The second-order valence-corrected chi connectivity index (χ2v) is 5.89. The minimum atomic E-state index is -0.209. The van der Waals surface area contributed by atoms with E-state index in [2.05, 4.69) is 26.1 Å². The van der Waals surface area contributed by atoms with Crippen LogP contribution in [0.2, 0.25) is 0 Å². The molecule has 2 heterocycles. The summed E-state index contributed by atoms with van der Waals surface area (Å²) in [7, 11) is 0. The molecule has 0 spiro atoms. The number of amides is 2. The van der Waals surface area contributed by atoms with Crippen LogP contribution in [0.15, 0.2) is 34.9 Å². The Kier molecular flexibility index (Phi) is 7.55. The number of rotatable bonds is 7. The zero-order chi connectivity index (χ0) is 17.5. The van der Waals surface area contributed by atoms with Crippen molar-refractivity contribution in [2.45, 2.75) is 31.7 Å². The van der Waals surface area contributed by atoms with Gasteiger partial charge in [0.25, 0.3) is 0 Å². The van der Waals surface area contributed by atoms with E-state index in [0.717, 1.165) is 25.1 Å². The molecule has 0 aliphatic carbocycles. The second kappa shape index (κ2) is 9.88. The van der Waals surface area contributed by atoms with Crippen LogP contribution in [0.1, 0.15) is 24.6 Å². The summed E-state index contributed by atoms with van der Waals surface area (Å²) in [6, 6.07) is 9.08. The molecular weight excluding hydrogens is 358 g/mol. The van der Waals surface area contributed by atoms with E-state index in [1.165, 1.54) is 0 Å². The Morgan fingerprint density at radius 2 is 2.08 bits per heavy atom. The number of hydrogen-bond donors (Lipinski definition) is 3. The number of hydrogen-bond acceptors (Lipinski definition) is 6. The van der Waals surface area contributed by atoms with Crippen LogP contribution in [0.5, 0.6) is 0 Å². The Morgan fingerprint density at radius 3 is 2.81 bits per heavy atom. The smallest absolute Gasteiger partial charge is 0.237 e. The summed E-state index contributed by atoms with van der Waals surface area (Å²) < 4.78 is 5.12. The molecule has 1 aliphatic rings. The Labute approximate surface area is 157 Å². The first-order valence-corrected chi connectivity index (χ1v) is 8.38. The lowest BCUT2D eigenvalue weighted by Crippen LogP contribution is -2.41. The van der Waals surface area contributed by atoms with E-state index >= 15 is 0 Å². The Hall–Kier alpha value is -2.45. The second-order valence-electron chi connectivity index (χ2n) is 5.89. The summed E-state index contributed by atoms with van der Waals surface area (Å²) in [4.78, 5) is 28.0. The quantitative estimate of drug-likeness (QED) is 0.664. The zero-order valence-electron chi connectivity index (χ0n) is 14.2. The average molecular weight is 380 g/mol. The molecule has 26 heavy (non-hydrogen) atoms. The van der Waals surface area contributed by atoms with Crippen molar-refractivity contribution in [2.75, 3.05) is 18.4 Å². The van der Waals surface area contributed by atoms with Gasteiger partial charge in [-0.25, -0.2) is 0 Å². The normalized spacial score (nSPS) is 15.9. The molecule has 0 saturated carbocycles. The van der Waals surface area contributed by atoms with Crippen LogP contribution in [-0.4, -0.2) is 41.1 Å². The highest BCUT2D eigenvalue weighted by Crippen LogP contribution is 2.07. The molecule has 1 aliphatic heterocycles. The third kappa shape index (κ3) is 5.82. The Bertz CT molecular complexity index is 716. The van der Waals surface area contributed by atoms with E-state index in [9.17, 15) is 9.59 Å². The highest BCUT2D eigenvalue weighted by molar-refractivity contribution is 5.91. The maximum Gasteiger partial charge on any atom is 0.237 e. The van der Waals surface area contributed by atoms with Crippen molar-refractivity contribution in [2.24, 2.45) is 0 Å². The van der Waals surface area contributed by atoms with Gasteiger partial charge in [0.1, 0.15) is 0 Å². The van der Waals surface area contributed by atoms with Crippen molar-refractivity contribution in [3.8, 4) is 0 Å². The monoisotopic (exact) mass is 379 g/mol. The maximum absolute atomic E-state index is 11.9. The largest absolute Gasteiger partial charge is 0.354 e. The third-order valence-electron chi connectivity index (χ3n) is 3.90. The number of anilines is 1. The topological polar surface area (TPSA) is 109 Å². The molecule has 3 N–H and O–H groups in total. The average Bonchev–Trinajstić information content (AvgIpc) is 3.27. The molecule has 1 saturated heterocycles. The highest BCUT2D eigenvalue weighted by atomic mass is 35.5. The van der Waals surface area contributed by atoms with E-state index in [0.29, 0.717) is 24.7 Å². The van der Waals surface area contributed by atoms with Crippen LogP contribution in [0.25, 0.3) is 0 Å². The Balaban J connectivity index is 0.00000243. The van der Waals surface area contributed by atoms with Gasteiger partial charge >= 0.3 is 0 Å². The molecule has 140 valence electrons. The number of para-hydroxylation sites is 1. The molecule has 3 rings (SSSR count). The van der Waals surface area contributed by atoms with Gasteiger partial charge < -0.3 is 20.5 Å². The summed E-state index contributed by atoms with van der Waals surface area (Å²) in [5, 5.41) is 12.6. The number of halogens is 1. The van der Waals surface area contributed by atoms with Crippen molar-refractivity contribution in [1.82, 2.24) is 20.8 Å². The summed E-state index contributed by atoms with van der Waals surface area (Å²) in [6.45, 7) is 1.31. The molecule has 1 aromatic heterocycles. The molecule has 2 aromatic rings. The van der Waals surface area contributed by atoms with E-state index in [1.54, 1.807) is 12.1 Å². The number of carbonyl (C=O) groups excluding carboxylic acids is 2. The molecule has 0 bridgehead atoms. The van der Waals surface area contributed by atoms with Crippen molar-refractivity contribution in [1.29, 1.82) is 0 Å². The van der Waals surface area contributed by atoms with Crippen LogP contribution in [0, 0.1) is 0 Å². The van der Waals surface area contributed by atoms with E-state index in [-0.39, 0.29) is 36.7 Å². The van der Waals surface area contributed by atoms with E-state index in [4.69, 9.17) is 4.52 Å². The fourth-order valence-electron chi connectivity index (χ4n) is 2.66. The molecule has 1 unspecified atom stereocenters. The van der Waals surface area contributed by atoms with Gasteiger partial charge in [0.2, 0.25) is 17.7 Å². The standard InChI is InChI=1S/C17H21N5O3.ClH/c23-15(20-12-5-2-1-3-6-12)11-14-21-16(25-22-14)8-10-19-17(24)13-7-4-9-18-13;/h1-3,5-6,13,18H,4,7-11H2,(H,19,24)(H,20,23);1H. The van der Waals surface area contributed by atoms with Gasteiger partial charge in [0.15, 0.2) is 5.82 Å². The van der Waals surface area contributed by atoms with Gasteiger partial charge in [-0.05, 0) is 31.5 Å². The number of benzene rings is 1. The van der Waals surface area contributed by atoms with Gasteiger partial charge in [0.05, 0.1) is 12.5 Å². The van der Waals surface area contributed by atoms with Gasteiger partial charge in [0, 0.05) is 18.7 Å².